The van der Waals surface area contributed by atoms with E-state index >= 15 is 0 Å². The van der Waals surface area contributed by atoms with Gasteiger partial charge >= 0.3 is 368 Å². The molecule has 0 saturated heterocycles. The van der Waals surface area contributed by atoms with Gasteiger partial charge < -0.3 is 0 Å². The van der Waals surface area contributed by atoms with Gasteiger partial charge in [-0.25, -0.2) is 0 Å². The van der Waals surface area contributed by atoms with Crippen LogP contribution in [0, 0.1) is 11.8 Å². The fraction of sp³-hybridized carbons (Fsp3) is 0.172. The molecule has 2 aliphatic carbocycles. The zero-order chi connectivity index (χ0) is 41.1. The number of allylic oxidation sites excluding steroid dienone is 2. The predicted octanol–water partition coefficient (Wildman–Crippen LogP) is 16.2. The molecule has 0 bridgehead atoms. The van der Waals surface area contributed by atoms with Crippen molar-refractivity contribution in [3.05, 3.63) is 203 Å². The van der Waals surface area contributed by atoms with E-state index in [1.807, 2.05) is 0 Å². The summed E-state index contributed by atoms with van der Waals surface area (Å²) in [4.78, 5) is 0. The van der Waals surface area contributed by atoms with Crippen LogP contribution in [0.1, 0.15) is 57.3 Å². The van der Waals surface area contributed by atoms with E-state index < -0.39 is 26.6 Å². The monoisotopic (exact) mass is 957 g/mol. The Morgan fingerprint density at radius 3 is 1.08 bits per heavy atom. The third-order valence-electron chi connectivity index (χ3n) is 13.5. The van der Waals surface area contributed by atoms with Crippen LogP contribution < -0.4 is 0 Å². The summed E-state index contributed by atoms with van der Waals surface area (Å²) in [5.74, 6) is -0.114. The zero-order valence-electron chi connectivity index (χ0n) is 35.7. The first-order valence-electron chi connectivity index (χ1n) is 22.0. The Kier molecular flexibility index (Phi) is 10.4. The maximum atomic E-state index is 2.72. The molecule has 2 unspecified atom stereocenters. The third-order valence-corrected chi connectivity index (χ3v) is 44.0. The Balaban J connectivity index is 1.12. The van der Waals surface area contributed by atoms with E-state index in [0.29, 0.717) is 19.2 Å². The van der Waals surface area contributed by atoms with Gasteiger partial charge in [-0.05, 0) is 0 Å². The van der Waals surface area contributed by atoms with Gasteiger partial charge in [-0.2, -0.15) is 0 Å². The van der Waals surface area contributed by atoms with E-state index in [1.165, 1.54) is 77.2 Å². The standard InChI is InChI=1S/2C28H23.C2H7Si.Hf/c2*1-19(2)22-17-21-11-8-16-27(28(21)18-22)26-14-6-5-13-25(26)24-15-7-10-20-9-3-4-12-23(20)24;1-3-2;/h2*3-19H,1-2H3;3H,1-2H3;. The van der Waals surface area contributed by atoms with Crippen LogP contribution >= 0.6 is 0 Å². The van der Waals surface area contributed by atoms with Gasteiger partial charge in [0.05, 0.1) is 0 Å². The van der Waals surface area contributed by atoms with Gasteiger partial charge in [0.1, 0.15) is 0 Å². The molecular weight excluding hydrogens is 903 g/mol. The van der Waals surface area contributed by atoms with E-state index in [1.54, 1.807) is 22.3 Å². The number of rotatable bonds is 9. The summed E-state index contributed by atoms with van der Waals surface area (Å²) in [6, 6.07) is 64.1. The second kappa shape index (κ2) is 16.0. The van der Waals surface area contributed by atoms with Gasteiger partial charge in [-0.3, -0.25) is 0 Å². The van der Waals surface area contributed by atoms with Gasteiger partial charge in [-0.1, -0.05) is 0 Å². The van der Waals surface area contributed by atoms with E-state index in [4.69, 9.17) is 0 Å². The molecule has 10 rings (SSSR count). The molecule has 2 heteroatoms. The zero-order valence-corrected chi connectivity index (χ0v) is 40.5. The summed E-state index contributed by atoms with van der Waals surface area (Å²) < 4.78 is 1.15. The number of hydrogen-bond donors (Lipinski definition) is 0. The molecule has 2 atom stereocenters. The number of fused-ring (bicyclic) bond motifs is 4. The molecule has 0 radical (unpaired) electrons. The predicted molar refractivity (Wildman–Crippen MR) is 260 cm³/mol. The molecule has 0 nitrogen and oxygen atoms in total. The molecule has 8 aromatic rings. The summed E-state index contributed by atoms with van der Waals surface area (Å²) in [6.45, 7) is 15.3. The van der Waals surface area contributed by atoms with Crippen LogP contribution in [0.15, 0.2) is 181 Å². The van der Waals surface area contributed by atoms with Crippen LogP contribution in [0.2, 0.25) is 13.1 Å². The second-order valence-corrected chi connectivity index (χ2v) is 45.8. The van der Waals surface area contributed by atoms with Crippen molar-refractivity contribution in [2.24, 2.45) is 11.8 Å². The van der Waals surface area contributed by atoms with Crippen LogP contribution in [0.25, 0.3) is 78.2 Å². The fourth-order valence-electron chi connectivity index (χ4n) is 10.7. The average Bonchev–Trinajstić information content (AvgIpc) is 3.86. The van der Waals surface area contributed by atoms with Crippen molar-refractivity contribution in [2.75, 3.05) is 0 Å². The van der Waals surface area contributed by atoms with Crippen molar-refractivity contribution in [3.63, 3.8) is 0 Å². The normalized spacial score (nSPS) is 15.8. The molecule has 293 valence electrons. The van der Waals surface area contributed by atoms with Crippen molar-refractivity contribution >= 4 is 39.7 Å². The first-order chi connectivity index (χ1) is 29.3. The molecule has 0 amide bonds. The van der Waals surface area contributed by atoms with E-state index in [-0.39, 0.29) is 0 Å². The van der Waals surface area contributed by atoms with Crippen molar-refractivity contribution < 1.29 is 20.6 Å². The van der Waals surface area contributed by atoms with Gasteiger partial charge in [0, 0.05) is 0 Å². The SMILES string of the molecule is CC(C)C1=Cc2c(-c3ccccc3-c3cccc4ccccc34)cccc2[CH]1[Hf]([CH]1C(C(C)C)=Cc2c(-c3ccccc3-c3cccc4ccccc34)cccc21)[SiH](C)C. The number of benzene rings is 8. The topological polar surface area (TPSA) is 0 Å². The number of hydrogen-bond acceptors (Lipinski definition) is 0. The molecule has 0 aromatic heterocycles. The van der Waals surface area contributed by atoms with E-state index in [2.05, 4.69) is 223 Å². The first-order valence-corrected chi connectivity index (χ1v) is 35.3. The van der Waals surface area contributed by atoms with Gasteiger partial charge in [0.2, 0.25) is 0 Å². The minimum absolute atomic E-state index is 0.488. The van der Waals surface area contributed by atoms with Crippen molar-refractivity contribution in [1.29, 1.82) is 0 Å². The Morgan fingerprint density at radius 2 is 0.683 bits per heavy atom. The quantitative estimate of drug-likeness (QED) is 0.127. The first kappa shape index (κ1) is 39.0. The average molecular weight is 957 g/mol. The summed E-state index contributed by atoms with van der Waals surface area (Å²) in [5.41, 5.74) is 20.2. The van der Waals surface area contributed by atoms with Gasteiger partial charge in [0.15, 0.2) is 0 Å². The molecule has 0 heterocycles. The molecule has 0 saturated carbocycles. The van der Waals surface area contributed by atoms with Crippen LogP contribution in [-0.2, 0) is 20.6 Å². The molecule has 60 heavy (non-hydrogen) atoms. The van der Waals surface area contributed by atoms with Crippen LogP contribution in [0.4, 0.5) is 0 Å². The van der Waals surface area contributed by atoms with Crippen LogP contribution in [0.3, 0.4) is 0 Å². The minimum atomic E-state index is -2.65. The summed E-state index contributed by atoms with van der Waals surface area (Å²) >= 11 is -2.65. The van der Waals surface area contributed by atoms with Crippen molar-refractivity contribution in [2.45, 2.75) is 48.1 Å². The maximum absolute atomic E-state index is 2.72. The molecule has 8 aromatic carbocycles. The molecule has 0 fully saturated rings. The molecular formula is C58H53HfSi. The third kappa shape index (κ3) is 6.59. The Hall–Kier alpha value is -5.15. The van der Waals surface area contributed by atoms with Crippen molar-refractivity contribution in [1.82, 2.24) is 0 Å². The molecule has 0 N–H and O–H groups in total. The van der Waals surface area contributed by atoms with Crippen LogP contribution in [-0.4, -0.2) is 5.98 Å². The summed E-state index contributed by atoms with van der Waals surface area (Å²) in [5, 5.41) is 5.20. The Morgan fingerprint density at radius 1 is 0.367 bits per heavy atom. The Bertz CT molecular complexity index is 2790. The fourth-order valence-corrected chi connectivity index (χ4v) is 43.9. The van der Waals surface area contributed by atoms with Crippen molar-refractivity contribution in [3.8, 4) is 44.5 Å². The van der Waals surface area contributed by atoms with Gasteiger partial charge in [0.25, 0.3) is 0 Å². The van der Waals surface area contributed by atoms with E-state index in [0.717, 1.165) is 0 Å². The second-order valence-electron chi connectivity index (χ2n) is 17.9. The molecule has 2 aliphatic rings. The van der Waals surface area contributed by atoms with E-state index in [9.17, 15) is 0 Å². The summed E-state index contributed by atoms with van der Waals surface area (Å²) in [7, 11) is 0. The Labute approximate surface area is 365 Å². The molecule has 0 aliphatic heterocycles. The van der Waals surface area contributed by atoms with Gasteiger partial charge in [-0.15, -0.1) is 0 Å². The summed E-state index contributed by atoms with van der Waals surface area (Å²) in [6.07, 6.45) is 5.35. The molecule has 0 spiro atoms. The van der Waals surface area contributed by atoms with Crippen LogP contribution in [0.5, 0.6) is 0 Å².